The fraction of sp³-hybridized carbons (Fsp3) is 0.450. The first kappa shape index (κ1) is 18.0. The Labute approximate surface area is 164 Å². The quantitative estimate of drug-likeness (QED) is 0.876. The second-order valence-electron chi connectivity index (χ2n) is 7.36. The van der Waals surface area contributed by atoms with E-state index in [1.165, 1.54) is 0 Å². The molecule has 1 aromatic carbocycles. The molecule has 2 aliphatic rings. The van der Waals surface area contributed by atoms with Crippen molar-refractivity contribution in [2.45, 2.75) is 13.8 Å². The number of aryl methyl sites for hydroxylation is 1. The molecular weight excluding hydrogens is 362 g/mol. The summed E-state index contributed by atoms with van der Waals surface area (Å²) in [5.74, 6) is 2.73. The summed E-state index contributed by atoms with van der Waals surface area (Å²) in [5, 5.41) is 3.85. The summed E-state index contributed by atoms with van der Waals surface area (Å²) in [4.78, 5) is 26.1. The smallest absolute Gasteiger partial charge is 0.253 e. The number of halogens is 1. The molecule has 0 bridgehead atoms. The van der Waals surface area contributed by atoms with Crippen LogP contribution in [0.1, 0.15) is 23.0 Å². The van der Waals surface area contributed by atoms with E-state index in [-0.39, 0.29) is 5.91 Å². The molecule has 0 saturated carbocycles. The summed E-state index contributed by atoms with van der Waals surface area (Å²) >= 11 is 5.92. The minimum absolute atomic E-state index is 0.0972. The van der Waals surface area contributed by atoms with E-state index in [0.29, 0.717) is 28.4 Å². The van der Waals surface area contributed by atoms with Gasteiger partial charge >= 0.3 is 0 Å². The zero-order valence-electron chi connectivity index (χ0n) is 15.7. The number of amides is 1. The van der Waals surface area contributed by atoms with E-state index in [2.05, 4.69) is 20.2 Å². The van der Waals surface area contributed by atoms with Gasteiger partial charge in [-0.3, -0.25) is 4.79 Å². The molecule has 2 aliphatic heterocycles. The fourth-order valence-corrected chi connectivity index (χ4v) is 4.20. The van der Waals surface area contributed by atoms with Crippen molar-refractivity contribution < 1.29 is 4.79 Å². The molecule has 2 saturated heterocycles. The van der Waals surface area contributed by atoms with Gasteiger partial charge in [0.15, 0.2) is 0 Å². The Kier molecular flexibility index (Phi) is 4.91. The summed E-state index contributed by atoms with van der Waals surface area (Å²) in [5.41, 5.74) is 1.67. The Morgan fingerprint density at radius 1 is 1.15 bits per heavy atom. The SMILES string of the molecule is CCNc1nc(C)cc(N2CC3CN(C(=O)c4ccc(Cl)cc4)CC3C2)n1. The van der Waals surface area contributed by atoms with Gasteiger partial charge in [-0.05, 0) is 38.1 Å². The van der Waals surface area contributed by atoms with Gasteiger partial charge in [0.05, 0.1) is 0 Å². The van der Waals surface area contributed by atoms with Gasteiger partial charge in [0.2, 0.25) is 5.95 Å². The number of nitrogens with one attached hydrogen (secondary N) is 1. The molecule has 0 spiro atoms. The van der Waals surface area contributed by atoms with Gasteiger partial charge in [0, 0.05) is 66.9 Å². The van der Waals surface area contributed by atoms with Crippen LogP contribution >= 0.6 is 11.6 Å². The van der Waals surface area contributed by atoms with E-state index in [4.69, 9.17) is 11.6 Å². The lowest BCUT2D eigenvalue weighted by atomic mass is 10.0. The average Bonchev–Trinajstić information content (AvgIpc) is 3.21. The number of carbonyl (C=O) groups excluding carboxylic acids is 1. The van der Waals surface area contributed by atoms with Crippen molar-refractivity contribution in [2.24, 2.45) is 11.8 Å². The molecule has 1 N–H and O–H groups in total. The van der Waals surface area contributed by atoms with Crippen molar-refractivity contribution in [2.75, 3.05) is 42.9 Å². The van der Waals surface area contributed by atoms with Crippen LogP contribution in [0.2, 0.25) is 5.02 Å². The summed E-state index contributed by atoms with van der Waals surface area (Å²) in [6, 6.07) is 9.19. The Bertz CT molecular complexity index is 827. The highest BCUT2D eigenvalue weighted by Gasteiger charge is 2.42. The van der Waals surface area contributed by atoms with Crippen LogP contribution in [-0.4, -0.2) is 53.5 Å². The minimum Gasteiger partial charge on any atom is -0.356 e. The van der Waals surface area contributed by atoms with Crippen molar-refractivity contribution in [1.29, 1.82) is 0 Å². The summed E-state index contributed by atoms with van der Waals surface area (Å²) < 4.78 is 0. The molecule has 4 rings (SSSR count). The van der Waals surface area contributed by atoms with Crippen molar-refractivity contribution in [3.63, 3.8) is 0 Å². The van der Waals surface area contributed by atoms with Gasteiger partial charge in [-0.1, -0.05) is 11.6 Å². The van der Waals surface area contributed by atoms with Crippen LogP contribution in [0.25, 0.3) is 0 Å². The van der Waals surface area contributed by atoms with Gasteiger partial charge in [0.25, 0.3) is 5.91 Å². The Morgan fingerprint density at radius 3 is 2.44 bits per heavy atom. The number of hydrogen-bond donors (Lipinski definition) is 1. The number of fused-ring (bicyclic) bond motifs is 1. The van der Waals surface area contributed by atoms with Crippen molar-refractivity contribution in [3.8, 4) is 0 Å². The zero-order valence-corrected chi connectivity index (χ0v) is 16.4. The summed E-state index contributed by atoms with van der Waals surface area (Å²) in [7, 11) is 0. The Balaban J connectivity index is 1.42. The number of benzene rings is 1. The largest absolute Gasteiger partial charge is 0.356 e. The number of nitrogens with zero attached hydrogens (tertiary/aromatic N) is 4. The van der Waals surface area contributed by atoms with Crippen LogP contribution in [0.4, 0.5) is 11.8 Å². The molecule has 1 amide bonds. The number of anilines is 2. The summed E-state index contributed by atoms with van der Waals surface area (Å²) in [6.45, 7) is 8.29. The van der Waals surface area contributed by atoms with Gasteiger partial charge in [-0.25, -0.2) is 4.98 Å². The third kappa shape index (κ3) is 3.72. The number of likely N-dealkylation sites (tertiary alicyclic amines) is 1. The maximum Gasteiger partial charge on any atom is 0.253 e. The highest BCUT2D eigenvalue weighted by Crippen LogP contribution is 2.34. The van der Waals surface area contributed by atoms with Crippen LogP contribution in [0.15, 0.2) is 30.3 Å². The topological polar surface area (TPSA) is 61.4 Å². The maximum absolute atomic E-state index is 12.7. The number of rotatable bonds is 4. The first-order valence-corrected chi connectivity index (χ1v) is 9.80. The molecule has 6 nitrogen and oxygen atoms in total. The van der Waals surface area contributed by atoms with Gasteiger partial charge in [0.1, 0.15) is 5.82 Å². The highest BCUT2D eigenvalue weighted by molar-refractivity contribution is 6.30. The van der Waals surface area contributed by atoms with E-state index in [1.807, 2.05) is 24.8 Å². The predicted octanol–water partition coefficient (Wildman–Crippen LogP) is 3.08. The minimum atomic E-state index is 0.0972. The standard InChI is InChI=1S/C20H24ClN5O/c1-3-22-20-23-13(2)8-18(24-20)25-9-15-11-26(12-16(15)10-25)19(27)14-4-6-17(21)7-5-14/h4-8,15-16H,3,9-12H2,1-2H3,(H,22,23,24). The van der Waals surface area contributed by atoms with E-state index in [1.54, 1.807) is 24.3 Å². The third-order valence-electron chi connectivity index (χ3n) is 5.36. The van der Waals surface area contributed by atoms with Crippen molar-refractivity contribution in [3.05, 3.63) is 46.6 Å². The highest BCUT2D eigenvalue weighted by atomic mass is 35.5. The zero-order chi connectivity index (χ0) is 19.0. The predicted molar refractivity (Wildman–Crippen MR) is 107 cm³/mol. The average molecular weight is 386 g/mol. The molecule has 2 aromatic rings. The molecular formula is C20H24ClN5O. The lowest BCUT2D eigenvalue weighted by Crippen LogP contribution is -2.33. The molecule has 3 heterocycles. The van der Waals surface area contributed by atoms with Crippen LogP contribution in [0, 0.1) is 18.8 Å². The molecule has 0 aliphatic carbocycles. The lowest BCUT2D eigenvalue weighted by molar-refractivity contribution is 0.0782. The number of carbonyl (C=O) groups is 1. The van der Waals surface area contributed by atoms with E-state index >= 15 is 0 Å². The van der Waals surface area contributed by atoms with Crippen LogP contribution in [0.5, 0.6) is 0 Å². The fourth-order valence-electron chi connectivity index (χ4n) is 4.07. The van der Waals surface area contributed by atoms with Gasteiger partial charge in [-0.2, -0.15) is 4.98 Å². The first-order chi connectivity index (χ1) is 13.0. The molecule has 1 aromatic heterocycles. The van der Waals surface area contributed by atoms with Crippen molar-refractivity contribution >= 4 is 29.3 Å². The van der Waals surface area contributed by atoms with Crippen LogP contribution < -0.4 is 10.2 Å². The Morgan fingerprint density at radius 2 is 1.81 bits per heavy atom. The van der Waals surface area contributed by atoms with E-state index in [0.717, 1.165) is 44.2 Å². The van der Waals surface area contributed by atoms with Crippen molar-refractivity contribution in [1.82, 2.24) is 14.9 Å². The Hall–Kier alpha value is -2.34. The summed E-state index contributed by atoms with van der Waals surface area (Å²) in [6.07, 6.45) is 0. The molecule has 2 fully saturated rings. The third-order valence-corrected chi connectivity index (χ3v) is 5.62. The molecule has 2 atom stereocenters. The van der Waals surface area contributed by atoms with Gasteiger partial charge < -0.3 is 15.1 Å². The first-order valence-electron chi connectivity index (χ1n) is 9.43. The molecule has 7 heteroatoms. The molecule has 0 radical (unpaired) electrons. The maximum atomic E-state index is 12.7. The van der Waals surface area contributed by atoms with Crippen LogP contribution in [0.3, 0.4) is 0 Å². The van der Waals surface area contributed by atoms with Gasteiger partial charge in [-0.15, -0.1) is 0 Å². The van der Waals surface area contributed by atoms with Crippen LogP contribution in [-0.2, 0) is 0 Å². The second kappa shape index (κ2) is 7.35. The monoisotopic (exact) mass is 385 g/mol. The normalized spacial score (nSPS) is 21.4. The van der Waals surface area contributed by atoms with E-state index in [9.17, 15) is 4.79 Å². The lowest BCUT2D eigenvalue weighted by Gasteiger charge is -2.23. The molecule has 142 valence electrons. The number of hydrogen-bond acceptors (Lipinski definition) is 5. The molecule has 27 heavy (non-hydrogen) atoms. The second-order valence-corrected chi connectivity index (χ2v) is 7.80. The molecule has 2 unspecified atom stereocenters. The number of aromatic nitrogens is 2. The van der Waals surface area contributed by atoms with E-state index < -0.39 is 0 Å².